The smallest absolute Gasteiger partial charge is 0.253 e. The zero-order chi connectivity index (χ0) is 25.5. The number of nitrogens with one attached hydrogen (secondary N) is 2. The molecular weight excluding hydrogens is 573 g/mol. The minimum Gasteiger partial charge on any atom is -0.342 e. The van der Waals surface area contributed by atoms with Crippen LogP contribution in [0.4, 0.5) is 5.69 Å². The molecule has 2 aromatic carbocycles. The molecule has 3 rings (SSSR count). The Kier molecular flexibility index (Phi) is 9.80. The van der Waals surface area contributed by atoms with E-state index in [1.807, 2.05) is 18.4 Å². The fourth-order valence-corrected chi connectivity index (χ4v) is 4.64. The average molecular weight is 597 g/mol. The lowest BCUT2D eigenvalue weighted by molar-refractivity contribution is -0.113. The van der Waals surface area contributed by atoms with Crippen molar-refractivity contribution in [1.29, 1.82) is 0 Å². The Morgan fingerprint density at radius 1 is 1.17 bits per heavy atom. The molecule has 0 aliphatic heterocycles. The first kappa shape index (κ1) is 27.3. The Bertz CT molecular complexity index is 1230. The van der Waals surface area contributed by atoms with Gasteiger partial charge in [0.15, 0.2) is 11.0 Å². The molecular formula is C24H24BrCl2N5O2S. The predicted molar refractivity (Wildman–Crippen MR) is 145 cm³/mol. The summed E-state index contributed by atoms with van der Waals surface area (Å²) in [6.07, 6.45) is 1.72. The molecule has 0 saturated heterocycles. The fourth-order valence-electron chi connectivity index (χ4n) is 3.23. The van der Waals surface area contributed by atoms with Crippen LogP contribution in [0.2, 0.25) is 10.0 Å². The molecule has 0 bridgehead atoms. The molecule has 0 unspecified atom stereocenters. The van der Waals surface area contributed by atoms with Gasteiger partial charge in [0, 0.05) is 16.7 Å². The van der Waals surface area contributed by atoms with Crippen molar-refractivity contribution in [2.45, 2.75) is 31.6 Å². The van der Waals surface area contributed by atoms with Gasteiger partial charge in [0.1, 0.15) is 0 Å². The predicted octanol–water partition coefficient (Wildman–Crippen LogP) is 6.39. The first-order valence-corrected chi connectivity index (χ1v) is 13.2. The second-order valence-electron chi connectivity index (χ2n) is 7.88. The standard InChI is InChI=1S/C24H24BrCl2N5O2S/c1-4-11-32-22(21(14(2)3)29-23(34)16-7-5-6-8-18(16)26)30-31-24(32)35-13-20(33)28-15-9-10-17(25)19(27)12-15/h4-10,12,14,21H,1,11,13H2,2-3H3,(H,28,33)(H,29,34)/t21-/m0/s1. The lowest BCUT2D eigenvalue weighted by Crippen LogP contribution is -2.34. The summed E-state index contributed by atoms with van der Waals surface area (Å²) >= 11 is 16.9. The van der Waals surface area contributed by atoms with Gasteiger partial charge in [0.25, 0.3) is 5.91 Å². The molecule has 3 aromatic rings. The van der Waals surface area contributed by atoms with Crippen LogP contribution in [-0.4, -0.2) is 32.3 Å². The molecule has 0 saturated carbocycles. The Balaban J connectivity index is 1.76. The van der Waals surface area contributed by atoms with Crippen molar-refractivity contribution < 1.29 is 9.59 Å². The van der Waals surface area contributed by atoms with Crippen molar-refractivity contribution in [3.63, 3.8) is 0 Å². The molecule has 1 aromatic heterocycles. The minimum atomic E-state index is -0.431. The van der Waals surface area contributed by atoms with Gasteiger partial charge in [-0.1, -0.05) is 67.0 Å². The molecule has 1 heterocycles. The lowest BCUT2D eigenvalue weighted by Gasteiger charge is -2.23. The molecule has 2 N–H and O–H groups in total. The average Bonchev–Trinajstić information content (AvgIpc) is 3.21. The van der Waals surface area contributed by atoms with Gasteiger partial charge in [-0.05, 0) is 52.2 Å². The quantitative estimate of drug-likeness (QED) is 0.209. The first-order valence-electron chi connectivity index (χ1n) is 10.7. The number of carbonyl (C=O) groups is 2. The van der Waals surface area contributed by atoms with E-state index in [9.17, 15) is 9.59 Å². The third kappa shape index (κ3) is 7.10. The van der Waals surface area contributed by atoms with Crippen LogP contribution >= 0.6 is 50.9 Å². The number of halogens is 3. The van der Waals surface area contributed by atoms with Crippen molar-refractivity contribution in [2.75, 3.05) is 11.1 Å². The molecule has 0 aliphatic carbocycles. The number of anilines is 1. The number of allylic oxidation sites excluding steroid dienone is 1. The Morgan fingerprint density at radius 2 is 1.91 bits per heavy atom. The van der Waals surface area contributed by atoms with E-state index >= 15 is 0 Å². The number of thioether (sulfide) groups is 1. The second kappa shape index (κ2) is 12.6. The summed E-state index contributed by atoms with van der Waals surface area (Å²) in [6.45, 7) is 8.20. The highest BCUT2D eigenvalue weighted by Crippen LogP contribution is 2.28. The number of aromatic nitrogens is 3. The minimum absolute atomic E-state index is 0.0116. The van der Waals surface area contributed by atoms with E-state index in [-0.39, 0.29) is 23.5 Å². The molecule has 11 heteroatoms. The highest BCUT2D eigenvalue weighted by molar-refractivity contribution is 9.10. The number of amides is 2. The SMILES string of the molecule is C=CCn1c(SCC(=O)Nc2ccc(Br)c(Cl)c2)nnc1[C@@H](NC(=O)c1ccccc1Cl)C(C)C. The molecule has 1 atom stereocenters. The van der Waals surface area contributed by atoms with Gasteiger partial charge in [-0.25, -0.2) is 0 Å². The van der Waals surface area contributed by atoms with Crippen LogP contribution in [0.1, 0.15) is 36.1 Å². The van der Waals surface area contributed by atoms with Crippen LogP contribution in [0.15, 0.2) is 64.7 Å². The Morgan fingerprint density at radius 3 is 2.57 bits per heavy atom. The van der Waals surface area contributed by atoms with Crippen LogP contribution in [0.3, 0.4) is 0 Å². The van der Waals surface area contributed by atoms with Gasteiger partial charge in [-0.15, -0.1) is 16.8 Å². The number of hydrogen-bond donors (Lipinski definition) is 2. The van der Waals surface area contributed by atoms with E-state index in [2.05, 4.69) is 43.3 Å². The van der Waals surface area contributed by atoms with Gasteiger partial charge in [0.05, 0.1) is 27.4 Å². The van der Waals surface area contributed by atoms with Crippen LogP contribution in [0.5, 0.6) is 0 Å². The normalized spacial score (nSPS) is 11.8. The zero-order valence-corrected chi connectivity index (χ0v) is 23.0. The molecule has 2 amide bonds. The van der Waals surface area contributed by atoms with Crippen LogP contribution in [0, 0.1) is 5.92 Å². The molecule has 184 valence electrons. The van der Waals surface area contributed by atoms with E-state index in [1.165, 1.54) is 11.8 Å². The number of hydrogen-bond acceptors (Lipinski definition) is 5. The van der Waals surface area contributed by atoms with Crippen molar-refractivity contribution in [3.05, 3.63) is 81.0 Å². The molecule has 35 heavy (non-hydrogen) atoms. The Hall–Kier alpha value is -2.33. The molecule has 0 spiro atoms. The fraction of sp³-hybridized carbons (Fsp3) is 0.250. The summed E-state index contributed by atoms with van der Waals surface area (Å²) in [5, 5.41) is 15.9. The Labute approximate surface area is 226 Å². The summed E-state index contributed by atoms with van der Waals surface area (Å²) in [7, 11) is 0. The summed E-state index contributed by atoms with van der Waals surface area (Å²) in [6, 6.07) is 11.6. The monoisotopic (exact) mass is 595 g/mol. The van der Waals surface area contributed by atoms with Crippen molar-refractivity contribution in [3.8, 4) is 0 Å². The largest absolute Gasteiger partial charge is 0.342 e. The van der Waals surface area contributed by atoms with Crippen LogP contribution in [-0.2, 0) is 11.3 Å². The molecule has 0 radical (unpaired) electrons. The summed E-state index contributed by atoms with van der Waals surface area (Å²) in [5.41, 5.74) is 0.980. The lowest BCUT2D eigenvalue weighted by atomic mass is 10.0. The van der Waals surface area contributed by atoms with Crippen molar-refractivity contribution in [2.24, 2.45) is 5.92 Å². The van der Waals surface area contributed by atoms with E-state index in [0.717, 1.165) is 4.47 Å². The van der Waals surface area contributed by atoms with E-state index in [4.69, 9.17) is 23.2 Å². The maximum Gasteiger partial charge on any atom is 0.253 e. The topological polar surface area (TPSA) is 88.9 Å². The van der Waals surface area contributed by atoms with E-state index < -0.39 is 6.04 Å². The first-order chi connectivity index (χ1) is 16.7. The zero-order valence-electron chi connectivity index (χ0n) is 19.1. The van der Waals surface area contributed by atoms with E-state index in [0.29, 0.717) is 38.8 Å². The van der Waals surface area contributed by atoms with E-state index in [1.54, 1.807) is 48.5 Å². The maximum atomic E-state index is 12.9. The third-order valence-electron chi connectivity index (χ3n) is 4.94. The summed E-state index contributed by atoms with van der Waals surface area (Å²) in [5.74, 6) is 0.182. The van der Waals surface area contributed by atoms with Gasteiger partial charge >= 0.3 is 0 Å². The number of carbonyl (C=O) groups excluding carboxylic acids is 2. The van der Waals surface area contributed by atoms with Gasteiger partial charge in [-0.2, -0.15) is 0 Å². The third-order valence-corrected chi connectivity index (χ3v) is 7.47. The second-order valence-corrected chi connectivity index (χ2v) is 10.5. The molecule has 7 nitrogen and oxygen atoms in total. The van der Waals surface area contributed by atoms with Gasteiger partial charge in [0.2, 0.25) is 5.91 Å². The summed E-state index contributed by atoms with van der Waals surface area (Å²) < 4.78 is 2.59. The van der Waals surface area contributed by atoms with Gasteiger partial charge < -0.3 is 15.2 Å². The highest BCUT2D eigenvalue weighted by atomic mass is 79.9. The van der Waals surface area contributed by atoms with Crippen LogP contribution in [0.25, 0.3) is 0 Å². The summed E-state index contributed by atoms with van der Waals surface area (Å²) in [4.78, 5) is 25.4. The van der Waals surface area contributed by atoms with Crippen molar-refractivity contribution in [1.82, 2.24) is 20.1 Å². The number of nitrogens with zero attached hydrogens (tertiary/aromatic N) is 3. The molecule has 0 aliphatic rings. The molecule has 0 fully saturated rings. The van der Waals surface area contributed by atoms with Gasteiger partial charge in [-0.3, -0.25) is 9.59 Å². The van der Waals surface area contributed by atoms with Crippen LogP contribution < -0.4 is 10.6 Å². The highest BCUT2D eigenvalue weighted by Gasteiger charge is 2.27. The van der Waals surface area contributed by atoms with Crippen molar-refractivity contribution >= 4 is 68.4 Å². The number of rotatable bonds is 10. The number of benzene rings is 2. The maximum absolute atomic E-state index is 12.9.